The van der Waals surface area contributed by atoms with E-state index in [-0.39, 0.29) is 12.2 Å². The number of carbonyl (C=O) groups excluding carboxylic acids is 1. The van der Waals surface area contributed by atoms with Crippen molar-refractivity contribution in [3.63, 3.8) is 0 Å². The molecule has 0 spiro atoms. The van der Waals surface area contributed by atoms with E-state index in [0.717, 1.165) is 27.9 Å². The molecule has 2 aromatic heterocycles. The summed E-state index contributed by atoms with van der Waals surface area (Å²) in [4.78, 5) is 30.9. The number of esters is 1. The summed E-state index contributed by atoms with van der Waals surface area (Å²) in [6.07, 6.45) is 2.29. The molecule has 0 amide bonds. The molecule has 0 radical (unpaired) electrons. The maximum Gasteiger partial charge on any atom is 0.343 e. The van der Waals surface area contributed by atoms with Gasteiger partial charge in [0.05, 0.1) is 35.0 Å². The van der Waals surface area contributed by atoms with E-state index >= 15 is 0 Å². The van der Waals surface area contributed by atoms with Crippen LogP contribution in [0.3, 0.4) is 0 Å². The molecule has 0 fully saturated rings. The number of nitrogens with zero attached hydrogens (tertiary/aromatic N) is 2. The second-order valence-corrected chi connectivity index (χ2v) is 8.12. The predicted octanol–water partition coefficient (Wildman–Crippen LogP) is 3.42. The number of cyclic esters (lactones) is 1. The summed E-state index contributed by atoms with van der Waals surface area (Å²) in [5, 5.41) is 1.04. The highest BCUT2D eigenvalue weighted by molar-refractivity contribution is 7.98. The van der Waals surface area contributed by atoms with Gasteiger partial charge in [-0.05, 0) is 30.9 Å². The lowest BCUT2D eigenvalue weighted by Gasteiger charge is -2.36. The summed E-state index contributed by atoms with van der Waals surface area (Å²) in [6, 6.07) is 11.9. The standard InChI is InChI=1S/C22H20N2O4S/c1-3-22(28-12-29-2)16-9-18-19-14(8-13-6-4-5-7-17(13)23-19)10-24(18)20(25)15(16)11-27-21(22)26/h4-9H,3,10-12H2,1-2H3. The van der Waals surface area contributed by atoms with Crippen molar-refractivity contribution in [2.24, 2.45) is 0 Å². The largest absolute Gasteiger partial charge is 0.458 e. The van der Waals surface area contributed by atoms with Crippen molar-refractivity contribution in [2.45, 2.75) is 32.1 Å². The van der Waals surface area contributed by atoms with E-state index in [9.17, 15) is 9.59 Å². The Labute approximate surface area is 171 Å². The van der Waals surface area contributed by atoms with E-state index in [2.05, 4.69) is 6.07 Å². The summed E-state index contributed by atoms with van der Waals surface area (Å²) in [5.41, 5.74) is 3.11. The van der Waals surface area contributed by atoms with E-state index in [1.165, 1.54) is 11.8 Å². The van der Waals surface area contributed by atoms with E-state index in [4.69, 9.17) is 14.5 Å². The minimum atomic E-state index is -1.26. The lowest BCUT2D eigenvalue weighted by Crippen LogP contribution is -2.46. The number of hydrogen-bond donors (Lipinski definition) is 0. The molecule has 0 bridgehead atoms. The molecule has 1 aromatic carbocycles. The summed E-state index contributed by atoms with van der Waals surface area (Å²) >= 11 is 1.48. The van der Waals surface area contributed by atoms with Gasteiger partial charge in [-0.25, -0.2) is 9.78 Å². The van der Waals surface area contributed by atoms with Crippen molar-refractivity contribution in [1.82, 2.24) is 9.55 Å². The van der Waals surface area contributed by atoms with Crippen molar-refractivity contribution >= 4 is 28.6 Å². The van der Waals surface area contributed by atoms with Crippen molar-refractivity contribution in [1.29, 1.82) is 0 Å². The molecule has 29 heavy (non-hydrogen) atoms. The molecule has 0 N–H and O–H groups in total. The van der Waals surface area contributed by atoms with Gasteiger partial charge < -0.3 is 14.0 Å². The van der Waals surface area contributed by atoms with Gasteiger partial charge in [-0.15, -0.1) is 11.8 Å². The van der Waals surface area contributed by atoms with Gasteiger partial charge in [0.15, 0.2) is 5.60 Å². The molecule has 7 heteroatoms. The molecule has 0 saturated heterocycles. The topological polar surface area (TPSA) is 70.4 Å². The highest BCUT2D eigenvalue weighted by Gasteiger charge is 2.48. The van der Waals surface area contributed by atoms with Gasteiger partial charge in [0.2, 0.25) is 0 Å². The molecule has 5 rings (SSSR count). The first-order valence-electron chi connectivity index (χ1n) is 9.55. The summed E-state index contributed by atoms with van der Waals surface area (Å²) in [7, 11) is 0. The molecular formula is C22H20N2O4S. The van der Waals surface area contributed by atoms with Crippen molar-refractivity contribution in [3.05, 3.63) is 63.4 Å². The van der Waals surface area contributed by atoms with Gasteiger partial charge in [-0.1, -0.05) is 25.1 Å². The second-order valence-electron chi connectivity index (χ2n) is 7.31. The summed E-state index contributed by atoms with van der Waals surface area (Å²) in [5.74, 6) is -0.101. The maximum absolute atomic E-state index is 13.3. The number of rotatable bonds is 4. The zero-order valence-electron chi connectivity index (χ0n) is 16.2. The molecule has 6 nitrogen and oxygen atoms in total. The quantitative estimate of drug-likeness (QED) is 0.381. The SMILES string of the molecule is CCC1(OCSC)C(=O)OCc2c1cc1n(c2=O)Cc2cc3ccccc3nc2-1. The van der Waals surface area contributed by atoms with E-state index in [0.29, 0.717) is 30.0 Å². The highest BCUT2D eigenvalue weighted by Crippen LogP contribution is 2.41. The fourth-order valence-electron chi connectivity index (χ4n) is 4.31. The average molecular weight is 408 g/mol. The Kier molecular flexibility index (Phi) is 4.26. The van der Waals surface area contributed by atoms with Crippen LogP contribution in [0, 0.1) is 0 Å². The number of benzene rings is 1. The van der Waals surface area contributed by atoms with Crippen molar-refractivity contribution < 1.29 is 14.3 Å². The van der Waals surface area contributed by atoms with E-state index in [1.54, 1.807) is 4.57 Å². The minimum Gasteiger partial charge on any atom is -0.458 e. The molecule has 2 aliphatic rings. The Morgan fingerprint density at radius 1 is 1.28 bits per heavy atom. The Balaban J connectivity index is 1.76. The first-order chi connectivity index (χ1) is 14.1. The third kappa shape index (κ3) is 2.57. The number of pyridine rings is 2. The van der Waals surface area contributed by atoms with Crippen molar-refractivity contribution in [3.8, 4) is 11.4 Å². The Morgan fingerprint density at radius 2 is 2.10 bits per heavy atom. The summed E-state index contributed by atoms with van der Waals surface area (Å²) in [6.45, 7) is 2.32. The Bertz CT molecular complexity index is 1220. The molecule has 1 unspecified atom stereocenters. The van der Waals surface area contributed by atoms with Gasteiger partial charge in [0, 0.05) is 16.5 Å². The molecule has 0 aliphatic carbocycles. The minimum absolute atomic E-state index is 0.0244. The lowest BCUT2D eigenvalue weighted by atomic mass is 9.85. The van der Waals surface area contributed by atoms with Gasteiger partial charge in [-0.3, -0.25) is 4.79 Å². The average Bonchev–Trinajstić information content (AvgIpc) is 3.10. The van der Waals surface area contributed by atoms with Crippen molar-refractivity contribution in [2.75, 3.05) is 12.2 Å². The number of fused-ring (bicyclic) bond motifs is 5. The van der Waals surface area contributed by atoms with Crippen LogP contribution in [0.15, 0.2) is 41.2 Å². The molecule has 0 saturated carbocycles. The lowest BCUT2D eigenvalue weighted by molar-refractivity contribution is -0.177. The number of ether oxygens (including phenoxy) is 2. The number of aromatic nitrogens is 2. The Hall–Kier alpha value is -2.64. The zero-order valence-corrected chi connectivity index (χ0v) is 17.0. The van der Waals surface area contributed by atoms with E-state index < -0.39 is 11.6 Å². The smallest absolute Gasteiger partial charge is 0.343 e. The van der Waals surface area contributed by atoms with Crippen LogP contribution in [0.25, 0.3) is 22.3 Å². The number of thioether (sulfide) groups is 1. The third-order valence-electron chi connectivity index (χ3n) is 5.81. The second kappa shape index (κ2) is 6.71. The van der Waals surface area contributed by atoms with Crippen LogP contribution < -0.4 is 5.56 Å². The normalized spacial score (nSPS) is 19.6. The van der Waals surface area contributed by atoms with Crippen LogP contribution in [-0.4, -0.2) is 27.7 Å². The molecule has 2 aliphatic heterocycles. The van der Waals surface area contributed by atoms with Gasteiger partial charge in [-0.2, -0.15) is 0 Å². The Morgan fingerprint density at radius 3 is 2.90 bits per heavy atom. The highest BCUT2D eigenvalue weighted by atomic mass is 32.2. The van der Waals surface area contributed by atoms with Gasteiger partial charge in [0.1, 0.15) is 6.61 Å². The first kappa shape index (κ1) is 18.4. The first-order valence-corrected chi connectivity index (χ1v) is 10.9. The maximum atomic E-state index is 13.3. The fraction of sp³-hybridized carbons (Fsp3) is 0.318. The zero-order chi connectivity index (χ0) is 20.2. The third-order valence-corrected chi connectivity index (χ3v) is 6.16. The fourth-order valence-corrected chi connectivity index (χ4v) is 4.63. The number of hydrogen-bond acceptors (Lipinski definition) is 6. The van der Waals surface area contributed by atoms with E-state index in [1.807, 2.05) is 43.5 Å². The predicted molar refractivity (Wildman–Crippen MR) is 112 cm³/mol. The van der Waals surface area contributed by atoms with Crippen LogP contribution in [0.2, 0.25) is 0 Å². The van der Waals surface area contributed by atoms with Crippen LogP contribution in [0.1, 0.15) is 30.0 Å². The molecule has 1 atom stereocenters. The number of carbonyl (C=O) groups is 1. The monoisotopic (exact) mass is 408 g/mol. The van der Waals surface area contributed by atoms with Gasteiger partial charge in [0.25, 0.3) is 5.56 Å². The summed E-state index contributed by atoms with van der Waals surface area (Å²) < 4.78 is 13.1. The number of para-hydroxylation sites is 1. The molecule has 3 aromatic rings. The van der Waals surface area contributed by atoms with Gasteiger partial charge >= 0.3 is 5.97 Å². The van der Waals surface area contributed by atoms with Crippen LogP contribution in [-0.2, 0) is 33.0 Å². The molecule has 148 valence electrons. The van der Waals surface area contributed by atoms with Crippen LogP contribution in [0.5, 0.6) is 0 Å². The molecular weight excluding hydrogens is 388 g/mol. The molecule has 4 heterocycles. The van der Waals surface area contributed by atoms with Crippen LogP contribution in [0.4, 0.5) is 0 Å². The van der Waals surface area contributed by atoms with Crippen LogP contribution >= 0.6 is 11.8 Å².